The van der Waals surface area contributed by atoms with Crippen molar-refractivity contribution in [2.24, 2.45) is 5.92 Å². The van der Waals surface area contributed by atoms with Crippen molar-refractivity contribution in [3.8, 4) is 11.5 Å². The number of nitrogens with zero attached hydrogens (tertiary/aromatic N) is 2. The molecular weight excluding hydrogens is 503 g/mol. The molecule has 1 N–H and O–H groups in total. The highest BCUT2D eigenvalue weighted by Crippen LogP contribution is 2.40. The number of esters is 1. The number of hydrogen-bond donors (Lipinski definition) is 1. The number of furan rings is 1. The van der Waals surface area contributed by atoms with Gasteiger partial charge in [0.05, 0.1) is 24.2 Å². The Labute approximate surface area is 207 Å². The first-order chi connectivity index (χ1) is 16.7. The fraction of sp³-hybridized carbons (Fsp3) is 0.391. The van der Waals surface area contributed by atoms with E-state index in [9.17, 15) is 22.8 Å². The van der Waals surface area contributed by atoms with Crippen LogP contribution in [0, 0.1) is 5.92 Å². The molecule has 4 rings (SSSR count). The van der Waals surface area contributed by atoms with E-state index >= 15 is 0 Å². The highest BCUT2D eigenvalue weighted by Gasteiger charge is 2.34. The summed E-state index contributed by atoms with van der Waals surface area (Å²) in [6.07, 6.45) is -0.897. The number of carbonyl (C=O) groups is 2. The second kappa shape index (κ2) is 10.4. The van der Waals surface area contributed by atoms with Gasteiger partial charge in [-0.05, 0) is 55.9 Å². The van der Waals surface area contributed by atoms with Gasteiger partial charge in [0.1, 0.15) is 16.4 Å². The molecule has 7 nitrogen and oxygen atoms in total. The van der Waals surface area contributed by atoms with Crippen LogP contribution in [0.1, 0.15) is 46.8 Å². The first-order valence-electron chi connectivity index (χ1n) is 10.9. The Kier molecular flexibility index (Phi) is 7.50. The predicted octanol–water partition coefficient (Wildman–Crippen LogP) is 5.85. The summed E-state index contributed by atoms with van der Waals surface area (Å²) in [5.41, 5.74) is 0.0997. The van der Waals surface area contributed by atoms with Gasteiger partial charge in [0.15, 0.2) is 10.9 Å². The molecule has 0 bridgehead atoms. The summed E-state index contributed by atoms with van der Waals surface area (Å²) in [6, 6.07) is 3.82. The molecule has 0 spiro atoms. The Balaban J connectivity index is 1.53. The SMILES string of the molecule is CCOC(=O)c1c(NC(=O)CSc2nc(-c3ccco3)cc(C(F)(F)F)n2)sc2c1CCC(C)C2. The smallest absolute Gasteiger partial charge is 0.433 e. The van der Waals surface area contributed by atoms with Gasteiger partial charge in [-0.15, -0.1) is 11.3 Å². The molecule has 1 aliphatic carbocycles. The molecule has 12 heteroatoms. The van der Waals surface area contributed by atoms with Crippen molar-refractivity contribution < 1.29 is 31.9 Å². The fourth-order valence-corrected chi connectivity index (χ4v) is 5.81. The van der Waals surface area contributed by atoms with E-state index in [4.69, 9.17) is 9.15 Å². The summed E-state index contributed by atoms with van der Waals surface area (Å²) in [5, 5.41) is 2.92. The lowest BCUT2D eigenvalue weighted by molar-refractivity contribution is -0.141. The zero-order valence-corrected chi connectivity index (χ0v) is 20.5. The van der Waals surface area contributed by atoms with Gasteiger partial charge in [0, 0.05) is 4.88 Å². The molecule has 3 heterocycles. The zero-order valence-electron chi connectivity index (χ0n) is 18.9. The number of hydrogen-bond acceptors (Lipinski definition) is 8. The van der Waals surface area contributed by atoms with Gasteiger partial charge >= 0.3 is 12.1 Å². The number of alkyl halides is 3. The molecule has 1 atom stereocenters. The van der Waals surface area contributed by atoms with Crippen LogP contribution in [-0.2, 0) is 28.5 Å². The van der Waals surface area contributed by atoms with Crippen LogP contribution in [0.15, 0.2) is 34.0 Å². The molecule has 0 saturated carbocycles. The largest absolute Gasteiger partial charge is 0.463 e. The maximum Gasteiger partial charge on any atom is 0.433 e. The molecule has 186 valence electrons. The molecule has 35 heavy (non-hydrogen) atoms. The third kappa shape index (κ3) is 5.87. The lowest BCUT2D eigenvalue weighted by Crippen LogP contribution is -2.18. The second-order valence-corrected chi connectivity index (χ2v) is 10.1. The number of carbonyl (C=O) groups excluding carboxylic acids is 2. The number of fused-ring (bicyclic) bond motifs is 1. The normalized spacial score (nSPS) is 15.5. The third-order valence-electron chi connectivity index (χ3n) is 5.35. The Morgan fingerprint density at radius 3 is 2.83 bits per heavy atom. The van der Waals surface area contributed by atoms with E-state index < -0.39 is 23.7 Å². The molecule has 1 amide bonds. The molecule has 0 aromatic carbocycles. The van der Waals surface area contributed by atoms with E-state index in [0.29, 0.717) is 16.5 Å². The van der Waals surface area contributed by atoms with Crippen molar-refractivity contribution in [2.45, 2.75) is 44.4 Å². The summed E-state index contributed by atoms with van der Waals surface area (Å²) < 4.78 is 50.4. The number of thioether (sulfide) groups is 1. The van der Waals surface area contributed by atoms with Crippen molar-refractivity contribution >= 4 is 40.0 Å². The van der Waals surface area contributed by atoms with Crippen LogP contribution >= 0.6 is 23.1 Å². The highest BCUT2D eigenvalue weighted by molar-refractivity contribution is 7.99. The molecule has 1 unspecified atom stereocenters. The van der Waals surface area contributed by atoms with Gasteiger partial charge in [-0.1, -0.05) is 18.7 Å². The minimum atomic E-state index is -4.69. The Bertz CT molecular complexity index is 1230. The van der Waals surface area contributed by atoms with Crippen LogP contribution in [-0.4, -0.2) is 34.2 Å². The van der Waals surface area contributed by atoms with E-state index in [0.717, 1.165) is 47.5 Å². The van der Waals surface area contributed by atoms with E-state index in [-0.39, 0.29) is 29.0 Å². The summed E-state index contributed by atoms with van der Waals surface area (Å²) >= 11 is 2.10. The number of thiophene rings is 1. The highest BCUT2D eigenvalue weighted by atomic mass is 32.2. The maximum atomic E-state index is 13.3. The number of nitrogens with one attached hydrogen (secondary N) is 1. The van der Waals surface area contributed by atoms with Gasteiger partial charge in [0.25, 0.3) is 0 Å². The average Bonchev–Trinajstić information content (AvgIpc) is 3.45. The molecular formula is C23H22F3N3O4S2. The standard InChI is InChI=1S/C23H22F3N3O4S2/c1-3-32-21(31)19-13-7-6-12(2)9-16(13)35-20(19)29-18(30)11-34-22-27-14(15-5-4-8-33-15)10-17(28-22)23(24,25)26/h4-5,8,10,12H,3,6-7,9,11H2,1-2H3,(H,29,30). The lowest BCUT2D eigenvalue weighted by Gasteiger charge is -2.18. The summed E-state index contributed by atoms with van der Waals surface area (Å²) in [7, 11) is 0. The van der Waals surface area contributed by atoms with Gasteiger partial charge < -0.3 is 14.5 Å². The first kappa shape index (κ1) is 25.2. The Morgan fingerprint density at radius 1 is 1.34 bits per heavy atom. The first-order valence-corrected chi connectivity index (χ1v) is 12.7. The van der Waals surface area contributed by atoms with Crippen LogP contribution in [0.2, 0.25) is 0 Å². The predicted molar refractivity (Wildman–Crippen MR) is 126 cm³/mol. The number of rotatable bonds is 7. The monoisotopic (exact) mass is 525 g/mol. The fourth-order valence-electron chi connectivity index (χ4n) is 3.74. The molecule has 0 saturated heterocycles. The van der Waals surface area contributed by atoms with Crippen LogP contribution in [0.25, 0.3) is 11.5 Å². The van der Waals surface area contributed by atoms with E-state index in [1.54, 1.807) is 6.92 Å². The summed E-state index contributed by atoms with van der Waals surface area (Å²) in [6.45, 7) is 4.04. The van der Waals surface area contributed by atoms with Gasteiger partial charge in [0.2, 0.25) is 5.91 Å². The van der Waals surface area contributed by atoms with E-state index in [2.05, 4.69) is 22.2 Å². The third-order valence-corrected chi connectivity index (χ3v) is 7.36. The number of aromatic nitrogens is 2. The number of halogens is 3. The van der Waals surface area contributed by atoms with Crippen LogP contribution in [0.5, 0.6) is 0 Å². The van der Waals surface area contributed by atoms with E-state index in [1.165, 1.54) is 29.7 Å². The average molecular weight is 526 g/mol. The Hall–Kier alpha value is -2.86. The molecule has 0 aliphatic heterocycles. The van der Waals surface area contributed by atoms with Crippen LogP contribution in [0.4, 0.5) is 18.2 Å². The summed E-state index contributed by atoms with van der Waals surface area (Å²) in [4.78, 5) is 34.0. The van der Waals surface area contributed by atoms with Crippen LogP contribution in [0.3, 0.4) is 0 Å². The van der Waals surface area contributed by atoms with Crippen molar-refractivity contribution in [1.82, 2.24) is 9.97 Å². The van der Waals surface area contributed by atoms with Crippen molar-refractivity contribution in [2.75, 3.05) is 17.7 Å². The minimum Gasteiger partial charge on any atom is -0.463 e. The minimum absolute atomic E-state index is 0.0371. The molecule has 0 radical (unpaired) electrons. The van der Waals surface area contributed by atoms with Gasteiger partial charge in [-0.25, -0.2) is 14.8 Å². The quantitative estimate of drug-likeness (QED) is 0.235. The zero-order chi connectivity index (χ0) is 25.2. The van der Waals surface area contributed by atoms with Crippen molar-refractivity contribution in [3.05, 3.63) is 46.2 Å². The topological polar surface area (TPSA) is 94.3 Å². The van der Waals surface area contributed by atoms with Gasteiger partial charge in [-0.3, -0.25) is 4.79 Å². The molecule has 1 aliphatic rings. The number of amides is 1. The van der Waals surface area contributed by atoms with E-state index in [1.807, 2.05) is 0 Å². The maximum absolute atomic E-state index is 13.3. The van der Waals surface area contributed by atoms with Crippen molar-refractivity contribution in [1.29, 1.82) is 0 Å². The Morgan fingerprint density at radius 2 is 2.14 bits per heavy atom. The molecule has 0 fully saturated rings. The lowest BCUT2D eigenvalue weighted by atomic mass is 9.88. The molecule has 3 aromatic heterocycles. The second-order valence-electron chi connectivity index (χ2n) is 8.01. The van der Waals surface area contributed by atoms with Gasteiger partial charge in [-0.2, -0.15) is 13.2 Å². The van der Waals surface area contributed by atoms with Crippen LogP contribution < -0.4 is 5.32 Å². The number of anilines is 1. The summed E-state index contributed by atoms with van der Waals surface area (Å²) in [5.74, 6) is -0.613. The van der Waals surface area contributed by atoms with Crippen molar-refractivity contribution in [3.63, 3.8) is 0 Å². The number of ether oxygens (including phenoxy) is 1. The molecule has 3 aromatic rings.